The van der Waals surface area contributed by atoms with E-state index in [1.807, 2.05) is 12.1 Å². The number of fused-ring (bicyclic) bond motifs is 1. The van der Waals surface area contributed by atoms with Gasteiger partial charge in [-0.25, -0.2) is 0 Å². The molecule has 21 heavy (non-hydrogen) atoms. The lowest BCUT2D eigenvalue weighted by Gasteiger charge is -2.24. The van der Waals surface area contributed by atoms with Crippen LogP contribution in [0.5, 0.6) is 11.5 Å². The minimum Gasteiger partial charge on any atom is -0.486 e. The molecule has 4 nitrogen and oxygen atoms in total. The largest absolute Gasteiger partial charge is 0.486 e. The first-order valence-corrected chi connectivity index (χ1v) is 8.01. The van der Waals surface area contributed by atoms with Crippen LogP contribution in [-0.2, 0) is 0 Å². The van der Waals surface area contributed by atoms with Crippen molar-refractivity contribution in [3.05, 3.63) is 23.8 Å². The molecular weight excluding hydrogens is 264 g/mol. The van der Waals surface area contributed by atoms with E-state index in [0.717, 1.165) is 35.4 Å². The van der Waals surface area contributed by atoms with Crippen LogP contribution in [-0.4, -0.2) is 37.7 Å². The van der Waals surface area contributed by atoms with Crippen molar-refractivity contribution in [3.8, 4) is 11.5 Å². The molecule has 116 valence electrons. The minimum atomic E-state index is 0.0340. The third-order valence-corrected chi connectivity index (χ3v) is 4.70. The average Bonchev–Trinajstić information content (AvgIpc) is 2.95. The van der Waals surface area contributed by atoms with Gasteiger partial charge in [0.1, 0.15) is 13.2 Å². The highest BCUT2D eigenvalue weighted by Gasteiger charge is 2.26. The van der Waals surface area contributed by atoms with Gasteiger partial charge in [0.2, 0.25) is 0 Å². The summed E-state index contributed by atoms with van der Waals surface area (Å²) >= 11 is 0. The molecule has 1 aromatic carbocycles. The average molecular weight is 290 g/mol. The Morgan fingerprint density at radius 1 is 1.24 bits per heavy atom. The predicted octanol–water partition coefficient (Wildman–Crippen LogP) is 2.44. The highest BCUT2D eigenvalue weighted by Crippen LogP contribution is 2.33. The Labute approximate surface area is 127 Å². The number of likely N-dealkylation sites (tertiary alicyclic amines) is 1. The Balaban J connectivity index is 1.62. The van der Waals surface area contributed by atoms with E-state index in [9.17, 15) is 0 Å². The topological polar surface area (TPSA) is 47.7 Å². The van der Waals surface area contributed by atoms with Gasteiger partial charge in [0.05, 0.1) is 0 Å². The van der Waals surface area contributed by atoms with Crippen LogP contribution in [0, 0.1) is 11.8 Å². The summed E-state index contributed by atoms with van der Waals surface area (Å²) in [7, 11) is 0. The molecular formula is C17H26N2O2. The first-order valence-electron chi connectivity index (χ1n) is 8.01. The van der Waals surface area contributed by atoms with E-state index in [4.69, 9.17) is 15.2 Å². The van der Waals surface area contributed by atoms with Gasteiger partial charge in [-0.3, -0.25) is 0 Å². The van der Waals surface area contributed by atoms with Gasteiger partial charge in [-0.15, -0.1) is 0 Å². The number of hydrogen-bond donors (Lipinski definition) is 1. The van der Waals surface area contributed by atoms with Crippen LogP contribution in [0.25, 0.3) is 0 Å². The fraction of sp³-hybridized carbons (Fsp3) is 0.647. The Hall–Kier alpha value is -1.26. The monoisotopic (exact) mass is 290 g/mol. The highest BCUT2D eigenvalue weighted by atomic mass is 16.6. The summed E-state index contributed by atoms with van der Waals surface area (Å²) in [6.07, 6.45) is 1.30. The van der Waals surface area contributed by atoms with E-state index in [1.54, 1.807) is 0 Å². The Morgan fingerprint density at radius 2 is 2.00 bits per heavy atom. The summed E-state index contributed by atoms with van der Waals surface area (Å²) in [6.45, 7) is 9.14. The summed E-state index contributed by atoms with van der Waals surface area (Å²) in [4.78, 5) is 2.49. The van der Waals surface area contributed by atoms with Crippen LogP contribution in [0.15, 0.2) is 18.2 Å². The van der Waals surface area contributed by atoms with Crippen molar-refractivity contribution in [3.63, 3.8) is 0 Å². The highest BCUT2D eigenvalue weighted by molar-refractivity contribution is 5.44. The first kappa shape index (κ1) is 14.7. The molecule has 2 N–H and O–H groups in total. The van der Waals surface area contributed by atoms with Crippen molar-refractivity contribution in [2.45, 2.75) is 26.3 Å². The molecule has 0 aliphatic carbocycles. The fourth-order valence-electron chi connectivity index (χ4n) is 3.25. The standard InChI is InChI=1S/C17H26N2O2/c1-12(2)14-5-6-19(10-14)11-15(18)13-3-4-16-17(9-13)21-8-7-20-16/h3-4,9,12,14-15H,5-8,10-11,18H2,1-2H3. The lowest BCUT2D eigenvalue weighted by molar-refractivity contribution is 0.171. The zero-order valence-corrected chi connectivity index (χ0v) is 13.0. The van der Waals surface area contributed by atoms with Crippen molar-refractivity contribution in [1.82, 2.24) is 4.90 Å². The van der Waals surface area contributed by atoms with Crippen LogP contribution >= 0.6 is 0 Å². The quantitative estimate of drug-likeness (QED) is 0.925. The second kappa shape index (κ2) is 6.24. The molecule has 0 bridgehead atoms. The predicted molar refractivity (Wildman–Crippen MR) is 83.7 cm³/mol. The molecule has 2 atom stereocenters. The smallest absolute Gasteiger partial charge is 0.161 e. The van der Waals surface area contributed by atoms with Gasteiger partial charge in [-0.05, 0) is 42.5 Å². The van der Waals surface area contributed by atoms with E-state index in [0.29, 0.717) is 13.2 Å². The third-order valence-electron chi connectivity index (χ3n) is 4.70. The van der Waals surface area contributed by atoms with Crippen molar-refractivity contribution in [2.24, 2.45) is 17.6 Å². The third kappa shape index (κ3) is 3.33. The molecule has 0 radical (unpaired) electrons. The van der Waals surface area contributed by atoms with Crippen LogP contribution < -0.4 is 15.2 Å². The van der Waals surface area contributed by atoms with Gasteiger partial charge in [0.25, 0.3) is 0 Å². The Bertz CT molecular complexity index is 490. The van der Waals surface area contributed by atoms with Gasteiger partial charge < -0.3 is 20.1 Å². The lowest BCUT2D eigenvalue weighted by Crippen LogP contribution is -2.31. The molecule has 0 aromatic heterocycles. The van der Waals surface area contributed by atoms with Crippen LogP contribution in [0.4, 0.5) is 0 Å². The maximum Gasteiger partial charge on any atom is 0.161 e. The van der Waals surface area contributed by atoms with Gasteiger partial charge in [0.15, 0.2) is 11.5 Å². The summed E-state index contributed by atoms with van der Waals surface area (Å²) in [5.41, 5.74) is 7.52. The molecule has 0 amide bonds. The number of nitrogens with zero attached hydrogens (tertiary/aromatic N) is 1. The number of nitrogens with two attached hydrogens (primary N) is 1. The molecule has 0 spiro atoms. The fourth-order valence-corrected chi connectivity index (χ4v) is 3.25. The van der Waals surface area contributed by atoms with Crippen molar-refractivity contribution < 1.29 is 9.47 Å². The molecule has 2 heterocycles. The lowest BCUT2D eigenvalue weighted by atomic mass is 9.95. The molecule has 2 aliphatic heterocycles. The van der Waals surface area contributed by atoms with Crippen molar-refractivity contribution in [1.29, 1.82) is 0 Å². The number of ether oxygens (including phenoxy) is 2. The molecule has 1 fully saturated rings. The van der Waals surface area contributed by atoms with E-state index >= 15 is 0 Å². The first-order chi connectivity index (χ1) is 10.1. The normalized spacial score (nSPS) is 23.5. The number of rotatable bonds is 4. The van der Waals surface area contributed by atoms with E-state index in [-0.39, 0.29) is 6.04 Å². The maximum absolute atomic E-state index is 6.39. The van der Waals surface area contributed by atoms with E-state index in [2.05, 4.69) is 24.8 Å². The summed E-state index contributed by atoms with van der Waals surface area (Å²) in [6, 6.07) is 6.11. The van der Waals surface area contributed by atoms with E-state index in [1.165, 1.54) is 19.5 Å². The second-order valence-corrected chi connectivity index (χ2v) is 6.56. The molecule has 2 unspecified atom stereocenters. The summed E-state index contributed by atoms with van der Waals surface area (Å²) < 4.78 is 11.2. The van der Waals surface area contributed by atoms with Crippen molar-refractivity contribution in [2.75, 3.05) is 32.8 Å². The molecule has 1 aromatic rings. The van der Waals surface area contributed by atoms with Crippen LogP contribution in [0.3, 0.4) is 0 Å². The molecule has 0 saturated carbocycles. The Kier molecular flexibility index (Phi) is 4.36. The molecule has 1 saturated heterocycles. The maximum atomic E-state index is 6.39. The van der Waals surface area contributed by atoms with Crippen LogP contribution in [0.1, 0.15) is 31.9 Å². The van der Waals surface area contributed by atoms with Gasteiger partial charge >= 0.3 is 0 Å². The summed E-state index contributed by atoms with van der Waals surface area (Å²) in [5, 5.41) is 0. The molecule has 2 aliphatic rings. The zero-order chi connectivity index (χ0) is 14.8. The summed E-state index contributed by atoms with van der Waals surface area (Å²) in [5.74, 6) is 3.24. The number of hydrogen-bond acceptors (Lipinski definition) is 4. The van der Waals surface area contributed by atoms with Gasteiger partial charge in [-0.2, -0.15) is 0 Å². The Morgan fingerprint density at radius 3 is 2.71 bits per heavy atom. The molecule has 3 rings (SSSR count). The second-order valence-electron chi connectivity index (χ2n) is 6.56. The van der Waals surface area contributed by atoms with E-state index < -0.39 is 0 Å². The zero-order valence-electron chi connectivity index (χ0n) is 13.0. The van der Waals surface area contributed by atoms with Crippen molar-refractivity contribution >= 4 is 0 Å². The number of benzene rings is 1. The van der Waals surface area contributed by atoms with Crippen LogP contribution in [0.2, 0.25) is 0 Å². The molecule has 4 heteroatoms. The van der Waals surface area contributed by atoms with Gasteiger partial charge in [-0.1, -0.05) is 19.9 Å². The van der Waals surface area contributed by atoms with Gasteiger partial charge in [0, 0.05) is 19.1 Å². The SMILES string of the molecule is CC(C)C1CCN(CC(N)c2ccc3c(c2)OCCO3)C1. The minimum absolute atomic E-state index is 0.0340.